The SMILES string of the molecule is Cc1nn(C)c(C)c1S(=O)(=O)NC(CCCl)C(C)(C)C. The van der Waals surface area contributed by atoms with E-state index < -0.39 is 10.0 Å². The zero-order valence-electron chi connectivity index (χ0n) is 13.0. The van der Waals surface area contributed by atoms with Crippen molar-refractivity contribution in [2.45, 2.75) is 52.0 Å². The van der Waals surface area contributed by atoms with E-state index >= 15 is 0 Å². The highest BCUT2D eigenvalue weighted by atomic mass is 35.5. The summed E-state index contributed by atoms with van der Waals surface area (Å²) in [6.07, 6.45) is 0.586. The average molecular weight is 322 g/mol. The molecule has 0 aliphatic rings. The molecule has 0 aliphatic carbocycles. The Kier molecular flexibility index (Phi) is 5.27. The van der Waals surface area contributed by atoms with E-state index in [0.29, 0.717) is 23.7 Å². The molecular weight excluding hydrogens is 298 g/mol. The summed E-state index contributed by atoms with van der Waals surface area (Å²) in [6.45, 7) is 9.44. The highest BCUT2D eigenvalue weighted by Gasteiger charge is 2.32. The zero-order chi connectivity index (χ0) is 15.7. The molecule has 0 amide bonds. The molecule has 0 aliphatic heterocycles. The maximum Gasteiger partial charge on any atom is 0.244 e. The zero-order valence-corrected chi connectivity index (χ0v) is 14.6. The molecule has 1 rings (SSSR count). The van der Waals surface area contributed by atoms with Crippen molar-refractivity contribution < 1.29 is 8.42 Å². The number of sulfonamides is 1. The molecule has 0 fully saturated rings. The smallest absolute Gasteiger partial charge is 0.244 e. The number of alkyl halides is 1. The van der Waals surface area contributed by atoms with Crippen LogP contribution in [0.25, 0.3) is 0 Å². The lowest BCUT2D eigenvalue weighted by atomic mass is 9.86. The van der Waals surface area contributed by atoms with E-state index in [4.69, 9.17) is 11.6 Å². The third-order valence-corrected chi connectivity index (χ3v) is 5.39. The molecule has 1 atom stereocenters. The van der Waals surface area contributed by atoms with Crippen LogP contribution in [0.15, 0.2) is 4.90 Å². The number of hydrogen-bond acceptors (Lipinski definition) is 3. The van der Waals surface area contributed by atoms with E-state index in [1.807, 2.05) is 20.8 Å². The quantitative estimate of drug-likeness (QED) is 0.847. The Morgan fingerprint density at radius 1 is 1.35 bits per heavy atom. The molecule has 1 unspecified atom stereocenters. The summed E-state index contributed by atoms with van der Waals surface area (Å²) in [5.41, 5.74) is 0.941. The summed E-state index contributed by atoms with van der Waals surface area (Å²) in [5.74, 6) is 0.412. The Bertz CT molecular complexity index is 573. The van der Waals surface area contributed by atoms with Gasteiger partial charge in [0.1, 0.15) is 4.90 Å². The van der Waals surface area contributed by atoms with Crippen molar-refractivity contribution in [2.24, 2.45) is 12.5 Å². The minimum Gasteiger partial charge on any atom is -0.271 e. The predicted molar refractivity (Wildman–Crippen MR) is 81.6 cm³/mol. The molecule has 20 heavy (non-hydrogen) atoms. The first-order chi connectivity index (χ1) is 9.00. The maximum absolute atomic E-state index is 12.6. The second kappa shape index (κ2) is 6.03. The summed E-state index contributed by atoms with van der Waals surface area (Å²) in [4.78, 5) is 0.267. The van der Waals surface area contributed by atoms with Gasteiger partial charge in [0, 0.05) is 19.0 Å². The van der Waals surface area contributed by atoms with Crippen molar-refractivity contribution in [1.29, 1.82) is 0 Å². The van der Waals surface area contributed by atoms with Crippen LogP contribution in [-0.4, -0.2) is 30.1 Å². The van der Waals surface area contributed by atoms with Gasteiger partial charge in [0.15, 0.2) is 0 Å². The number of halogens is 1. The Morgan fingerprint density at radius 2 is 1.90 bits per heavy atom. The molecule has 0 radical (unpaired) electrons. The fraction of sp³-hybridized carbons (Fsp3) is 0.769. The highest BCUT2D eigenvalue weighted by Crippen LogP contribution is 2.26. The van der Waals surface area contributed by atoms with Gasteiger partial charge in [-0.25, -0.2) is 13.1 Å². The van der Waals surface area contributed by atoms with Crippen molar-refractivity contribution in [1.82, 2.24) is 14.5 Å². The van der Waals surface area contributed by atoms with E-state index in [9.17, 15) is 8.42 Å². The number of rotatable bonds is 5. The monoisotopic (exact) mass is 321 g/mol. The van der Waals surface area contributed by atoms with Gasteiger partial charge in [-0.2, -0.15) is 5.10 Å². The fourth-order valence-corrected chi connectivity index (χ4v) is 4.30. The van der Waals surface area contributed by atoms with Gasteiger partial charge in [-0.1, -0.05) is 20.8 Å². The van der Waals surface area contributed by atoms with Crippen LogP contribution < -0.4 is 4.72 Å². The number of aromatic nitrogens is 2. The highest BCUT2D eigenvalue weighted by molar-refractivity contribution is 7.89. The molecule has 0 aromatic carbocycles. The normalized spacial score (nSPS) is 14.6. The van der Waals surface area contributed by atoms with Gasteiger partial charge < -0.3 is 0 Å². The van der Waals surface area contributed by atoms with Gasteiger partial charge in [0.2, 0.25) is 10.0 Å². The van der Waals surface area contributed by atoms with Crippen LogP contribution >= 0.6 is 11.6 Å². The Balaban J connectivity index is 3.17. The summed E-state index contributed by atoms with van der Waals surface area (Å²) in [7, 11) is -1.86. The van der Waals surface area contributed by atoms with Gasteiger partial charge in [-0.05, 0) is 25.7 Å². The largest absolute Gasteiger partial charge is 0.271 e. The second-order valence-corrected chi connectivity index (χ2v) is 8.17. The summed E-state index contributed by atoms with van der Waals surface area (Å²) < 4.78 is 29.6. The molecule has 0 saturated heterocycles. The van der Waals surface area contributed by atoms with Crippen LogP contribution in [0.1, 0.15) is 38.6 Å². The molecule has 1 aromatic rings. The van der Waals surface area contributed by atoms with E-state index in [1.165, 1.54) is 0 Å². The van der Waals surface area contributed by atoms with Crippen molar-refractivity contribution in [3.63, 3.8) is 0 Å². The molecule has 0 spiro atoms. The molecule has 0 saturated carbocycles. The van der Waals surface area contributed by atoms with Crippen LogP contribution in [-0.2, 0) is 17.1 Å². The summed E-state index contributed by atoms with van der Waals surface area (Å²) >= 11 is 5.79. The van der Waals surface area contributed by atoms with Gasteiger partial charge in [0.25, 0.3) is 0 Å². The number of nitrogens with zero attached hydrogens (tertiary/aromatic N) is 2. The first-order valence-corrected chi connectivity index (χ1v) is 8.61. The number of nitrogens with one attached hydrogen (secondary N) is 1. The number of aryl methyl sites for hydroxylation is 2. The third-order valence-electron chi connectivity index (χ3n) is 3.45. The average Bonchev–Trinajstić information content (AvgIpc) is 2.51. The molecule has 1 N–H and O–H groups in total. The van der Waals surface area contributed by atoms with Gasteiger partial charge in [-0.15, -0.1) is 11.6 Å². The molecule has 5 nitrogen and oxygen atoms in total. The lowest BCUT2D eigenvalue weighted by molar-refractivity contribution is 0.292. The first kappa shape index (κ1) is 17.5. The predicted octanol–water partition coefficient (Wildman–Crippen LogP) is 2.36. The molecule has 0 bridgehead atoms. The minimum absolute atomic E-state index is 0.202. The second-order valence-electron chi connectivity index (χ2n) is 6.14. The van der Waals surface area contributed by atoms with E-state index in [2.05, 4.69) is 9.82 Å². The van der Waals surface area contributed by atoms with Crippen molar-refractivity contribution in [3.8, 4) is 0 Å². The topological polar surface area (TPSA) is 64.0 Å². The third kappa shape index (κ3) is 3.74. The van der Waals surface area contributed by atoms with Crippen molar-refractivity contribution in [2.75, 3.05) is 5.88 Å². The summed E-state index contributed by atoms with van der Waals surface area (Å²) in [6, 6.07) is -0.219. The minimum atomic E-state index is -3.60. The molecule has 1 heterocycles. The van der Waals surface area contributed by atoms with E-state index in [-0.39, 0.29) is 16.4 Å². The van der Waals surface area contributed by atoms with Crippen molar-refractivity contribution >= 4 is 21.6 Å². The van der Waals surface area contributed by atoms with Gasteiger partial charge >= 0.3 is 0 Å². The number of hydrogen-bond donors (Lipinski definition) is 1. The standard InChI is InChI=1S/C13H24ClN3O2S/c1-9-12(10(2)17(6)15-9)20(18,19)16-11(7-8-14)13(3,4)5/h11,16H,7-8H2,1-6H3. The summed E-state index contributed by atoms with van der Waals surface area (Å²) in [5, 5.41) is 4.16. The Morgan fingerprint density at radius 3 is 2.25 bits per heavy atom. The van der Waals surface area contributed by atoms with E-state index in [1.54, 1.807) is 25.6 Å². The molecule has 1 aromatic heterocycles. The Hall–Kier alpha value is -0.590. The Labute approximate surface area is 126 Å². The maximum atomic E-state index is 12.6. The molecule has 116 valence electrons. The van der Waals surface area contributed by atoms with E-state index in [0.717, 1.165) is 0 Å². The van der Waals surface area contributed by atoms with Crippen LogP contribution in [0.2, 0.25) is 0 Å². The lowest BCUT2D eigenvalue weighted by Crippen LogP contribution is -2.44. The van der Waals surface area contributed by atoms with Crippen molar-refractivity contribution in [3.05, 3.63) is 11.4 Å². The van der Waals surface area contributed by atoms with Crippen LogP contribution in [0.4, 0.5) is 0 Å². The van der Waals surface area contributed by atoms with Gasteiger partial charge in [0.05, 0.1) is 11.4 Å². The molecular formula is C13H24ClN3O2S. The van der Waals surface area contributed by atoms with Crippen LogP contribution in [0.3, 0.4) is 0 Å². The van der Waals surface area contributed by atoms with Gasteiger partial charge in [-0.3, -0.25) is 4.68 Å². The lowest BCUT2D eigenvalue weighted by Gasteiger charge is -2.30. The van der Waals surface area contributed by atoms with Crippen LogP contribution in [0, 0.1) is 19.3 Å². The fourth-order valence-electron chi connectivity index (χ4n) is 2.17. The molecule has 7 heteroatoms. The first-order valence-electron chi connectivity index (χ1n) is 6.59. The van der Waals surface area contributed by atoms with Crippen LogP contribution in [0.5, 0.6) is 0 Å².